The largest absolute Gasteiger partial charge is 0.325 e. The molecule has 124 valence electrons. The van der Waals surface area contributed by atoms with Crippen LogP contribution < -0.4 is 10.6 Å². The summed E-state index contributed by atoms with van der Waals surface area (Å²) in [6.45, 7) is 5.49. The molecule has 1 unspecified atom stereocenters. The number of thiazole rings is 1. The first-order valence-corrected chi connectivity index (χ1v) is 8.58. The normalized spacial score (nSPS) is 24.3. The molecule has 1 atom stereocenters. The molecular formula is C15H20N4O3S. The van der Waals surface area contributed by atoms with Crippen LogP contribution in [0.15, 0.2) is 5.38 Å². The van der Waals surface area contributed by atoms with Crippen LogP contribution in [0.5, 0.6) is 0 Å². The van der Waals surface area contributed by atoms with Gasteiger partial charge in [0.15, 0.2) is 5.13 Å². The minimum atomic E-state index is -0.858. The number of anilines is 1. The lowest BCUT2D eigenvalue weighted by atomic mass is 9.96. The van der Waals surface area contributed by atoms with E-state index in [1.807, 2.05) is 19.2 Å². The smallest absolute Gasteiger partial charge is 0.323 e. The van der Waals surface area contributed by atoms with Crippen LogP contribution in [0.25, 0.3) is 0 Å². The molecule has 1 aromatic heterocycles. The average molecular weight is 336 g/mol. The third-order valence-electron chi connectivity index (χ3n) is 4.36. The molecule has 3 rings (SSSR count). The highest BCUT2D eigenvalue weighted by Crippen LogP contribution is 2.42. The number of aromatic nitrogens is 1. The molecule has 2 aliphatic rings. The monoisotopic (exact) mass is 336 g/mol. The van der Waals surface area contributed by atoms with Gasteiger partial charge in [-0.15, -0.1) is 11.3 Å². The minimum Gasteiger partial charge on any atom is -0.323 e. The van der Waals surface area contributed by atoms with Gasteiger partial charge in [-0.05, 0) is 31.6 Å². The maximum Gasteiger partial charge on any atom is 0.325 e. The summed E-state index contributed by atoms with van der Waals surface area (Å²) in [5, 5.41) is 7.75. The Morgan fingerprint density at radius 3 is 2.78 bits per heavy atom. The van der Waals surface area contributed by atoms with Gasteiger partial charge in [-0.2, -0.15) is 0 Å². The molecule has 0 spiro atoms. The van der Waals surface area contributed by atoms with Crippen molar-refractivity contribution in [3.05, 3.63) is 11.1 Å². The molecule has 1 aromatic rings. The zero-order chi connectivity index (χ0) is 16.8. The highest BCUT2D eigenvalue weighted by atomic mass is 32.1. The summed E-state index contributed by atoms with van der Waals surface area (Å²) in [4.78, 5) is 41.9. The van der Waals surface area contributed by atoms with Gasteiger partial charge in [0, 0.05) is 5.38 Å². The Bertz CT molecular complexity index is 667. The summed E-state index contributed by atoms with van der Waals surface area (Å²) in [5.74, 6) is -0.276. The summed E-state index contributed by atoms with van der Waals surface area (Å²) in [7, 11) is 0. The van der Waals surface area contributed by atoms with Crippen LogP contribution in [-0.2, 0) is 9.59 Å². The molecule has 0 bridgehead atoms. The number of carbonyl (C=O) groups excluding carboxylic acids is 3. The van der Waals surface area contributed by atoms with Gasteiger partial charge in [0.05, 0.1) is 5.69 Å². The van der Waals surface area contributed by atoms with E-state index in [0.29, 0.717) is 5.13 Å². The number of carbonyl (C=O) groups is 3. The summed E-state index contributed by atoms with van der Waals surface area (Å²) in [5.41, 5.74) is 0.0465. The Morgan fingerprint density at radius 2 is 2.22 bits per heavy atom. The minimum absolute atomic E-state index is 0.180. The Kier molecular flexibility index (Phi) is 3.87. The first kappa shape index (κ1) is 15.9. The Hall–Kier alpha value is -1.96. The molecule has 1 saturated heterocycles. The van der Waals surface area contributed by atoms with E-state index in [0.717, 1.165) is 23.4 Å². The van der Waals surface area contributed by atoms with Crippen molar-refractivity contribution in [2.75, 3.05) is 11.9 Å². The van der Waals surface area contributed by atoms with Gasteiger partial charge >= 0.3 is 6.03 Å². The van der Waals surface area contributed by atoms with Crippen molar-refractivity contribution < 1.29 is 14.4 Å². The summed E-state index contributed by atoms with van der Waals surface area (Å²) in [6.07, 6.45) is 1.86. The number of nitrogens with one attached hydrogen (secondary N) is 2. The van der Waals surface area contributed by atoms with Gasteiger partial charge in [-0.25, -0.2) is 9.78 Å². The fourth-order valence-corrected chi connectivity index (χ4v) is 3.60. The second-order valence-electron chi connectivity index (χ2n) is 6.58. The Balaban J connectivity index is 1.63. The zero-order valence-electron chi connectivity index (χ0n) is 13.4. The SMILES string of the molecule is CC(C)c1csc(NC(=O)CN2C(=O)NC(C)(C3CC3)C2=O)n1. The number of hydrogen-bond acceptors (Lipinski definition) is 5. The molecule has 0 aromatic carbocycles. The van der Waals surface area contributed by atoms with Crippen LogP contribution in [0.4, 0.5) is 9.93 Å². The van der Waals surface area contributed by atoms with Gasteiger partial charge in [0.1, 0.15) is 12.1 Å². The first-order chi connectivity index (χ1) is 10.8. The Labute approximate surface area is 138 Å². The maximum absolute atomic E-state index is 12.5. The van der Waals surface area contributed by atoms with Crippen molar-refractivity contribution >= 4 is 34.3 Å². The van der Waals surface area contributed by atoms with Gasteiger partial charge in [0.25, 0.3) is 5.91 Å². The van der Waals surface area contributed by atoms with Crippen LogP contribution in [0.3, 0.4) is 0 Å². The van der Waals surface area contributed by atoms with E-state index in [4.69, 9.17) is 0 Å². The fourth-order valence-electron chi connectivity index (χ4n) is 2.71. The fraction of sp³-hybridized carbons (Fsp3) is 0.600. The van der Waals surface area contributed by atoms with Crippen LogP contribution in [0.1, 0.15) is 45.2 Å². The molecule has 1 aliphatic carbocycles. The molecular weight excluding hydrogens is 316 g/mol. The number of urea groups is 1. The molecule has 2 N–H and O–H groups in total. The molecule has 1 saturated carbocycles. The Morgan fingerprint density at radius 1 is 1.52 bits per heavy atom. The van der Waals surface area contributed by atoms with E-state index in [2.05, 4.69) is 15.6 Å². The number of rotatable bonds is 5. The van der Waals surface area contributed by atoms with Crippen molar-refractivity contribution in [2.45, 2.75) is 45.1 Å². The van der Waals surface area contributed by atoms with E-state index in [1.54, 1.807) is 6.92 Å². The topological polar surface area (TPSA) is 91.4 Å². The first-order valence-electron chi connectivity index (χ1n) is 7.70. The van der Waals surface area contributed by atoms with Crippen molar-refractivity contribution in [1.29, 1.82) is 0 Å². The molecule has 23 heavy (non-hydrogen) atoms. The highest BCUT2D eigenvalue weighted by molar-refractivity contribution is 7.13. The van der Waals surface area contributed by atoms with Crippen LogP contribution in [0, 0.1) is 5.92 Å². The molecule has 7 nitrogen and oxygen atoms in total. The third-order valence-corrected chi connectivity index (χ3v) is 5.13. The maximum atomic E-state index is 12.5. The number of amides is 4. The number of hydrogen-bond donors (Lipinski definition) is 2. The lowest BCUT2D eigenvalue weighted by Crippen LogP contribution is -2.46. The number of imide groups is 1. The molecule has 0 radical (unpaired) electrons. The van der Waals surface area contributed by atoms with Gasteiger partial charge in [-0.1, -0.05) is 13.8 Å². The van der Waals surface area contributed by atoms with E-state index in [9.17, 15) is 14.4 Å². The van der Waals surface area contributed by atoms with E-state index >= 15 is 0 Å². The predicted octanol–water partition coefficient (Wildman–Crippen LogP) is 1.93. The van der Waals surface area contributed by atoms with Crippen molar-refractivity contribution in [2.24, 2.45) is 5.92 Å². The highest BCUT2D eigenvalue weighted by Gasteiger charge is 2.56. The summed E-state index contributed by atoms with van der Waals surface area (Å²) in [6, 6.07) is -0.499. The lowest BCUT2D eigenvalue weighted by Gasteiger charge is -2.20. The summed E-state index contributed by atoms with van der Waals surface area (Å²) < 4.78 is 0. The van der Waals surface area contributed by atoms with Crippen molar-refractivity contribution in [3.8, 4) is 0 Å². The van der Waals surface area contributed by atoms with Gasteiger partial charge < -0.3 is 10.6 Å². The standard InChI is InChI=1S/C15H20N4O3S/c1-8(2)10-7-23-13(16-10)17-11(20)6-19-12(21)15(3,9-4-5-9)18-14(19)22/h7-9H,4-6H2,1-3H3,(H,18,22)(H,16,17,20). The lowest BCUT2D eigenvalue weighted by molar-refractivity contribution is -0.134. The molecule has 8 heteroatoms. The zero-order valence-corrected chi connectivity index (χ0v) is 14.2. The average Bonchev–Trinajstić information content (AvgIpc) is 3.20. The van der Waals surface area contributed by atoms with Crippen LogP contribution >= 0.6 is 11.3 Å². The van der Waals surface area contributed by atoms with Crippen molar-refractivity contribution in [1.82, 2.24) is 15.2 Å². The van der Waals surface area contributed by atoms with Crippen molar-refractivity contribution in [3.63, 3.8) is 0 Å². The third kappa shape index (κ3) is 2.95. The molecule has 2 fully saturated rings. The van der Waals surface area contributed by atoms with E-state index in [-0.39, 0.29) is 24.3 Å². The molecule has 1 aliphatic heterocycles. The summed E-state index contributed by atoms with van der Waals surface area (Å²) >= 11 is 1.33. The van der Waals surface area contributed by atoms with E-state index < -0.39 is 17.5 Å². The van der Waals surface area contributed by atoms with Gasteiger partial charge in [-0.3, -0.25) is 14.5 Å². The second kappa shape index (κ2) is 5.59. The quantitative estimate of drug-likeness (QED) is 0.804. The predicted molar refractivity (Wildman–Crippen MR) is 86.2 cm³/mol. The molecule has 2 heterocycles. The van der Waals surface area contributed by atoms with Crippen LogP contribution in [-0.4, -0.2) is 39.8 Å². The van der Waals surface area contributed by atoms with Gasteiger partial charge in [0.2, 0.25) is 5.91 Å². The number of nitrogens with zero attached hydrogens (tertiary/aromatic N) is 2. The van der Waals surface area contributed by atoms with Crippen LogP contribution in [0.2, 0.25) is 0 Å². The van der Waals surface area contributed by atoms with E-state index in [1.165, 1.54) is 11.3 Å². The second-order valence-corrected chi connectivity index (χ2v) is 7.44. The molecule has 4 amide bonds.